The SMILES string of the molecule is CC(O)C(Cn1cncn1)c1ccc(F)cc1F. The van der Waals surface area contributed by atoms with Crippen LogP contribution in [0.3, 0.4) is 0 Å². The topological polar surface area (TPSA) is 50.9 Å². The van der Waals surface area contributed by atoms with E-state index in [-0.39, 0.29) is 12.1 Å². The number of benzene rings is 1. The number of hydrogen-bond donors (Lipinski definition) is 1. The van der Waals surface area contributed by atoms with Crippen LogP contribution in [0.1, 0.15) is 18.4 Å². The first kappa shape index (κ1) is 12.6. The van der Waals surface area contributed by atoms with Crippen LogP contribution in [0, 0.1) is 11.6 Å². The molecule has 1 heterocycles. The number of nitrogens with zero attached hydrogens (tertiary/aromatic N) is 3. The Bertz CT molecular complexity index is 514. The fraction of sp³-hybridized carbons (Fsp3) is 0.333. The van der Waals surface area contributed by atoms with Gasteiger partial charge in [-0.3, -0.25) is 4.68 Å². The van der Waals surface area contributed by atoms with E-state index in [2.05, 4.69) is 10.1 Å². The molecule has 1 N–H and O–H groups in total. The molecular formula is C12H13F2N3O. The molecule has 0 aliphatic carbocycles. The number of aromatic nitrogens is 3. The van der Waals surface area contributed by atoms with Gasteiger partial charge >= 0.3 is 0 Å². The standard InChI is InChI=1S/C12H13F2N3O/c1-8(18)11(5-17-7-15-6-16-17)10-3-2-9(13)4-12(10)14/h2-4,6-8,11,18H,5H2,1H3. The van der Waals surface area contributed by atoms with Gasteiger partial charge in [0, 0.05) is 12.0 Å². The molecule has 0 fully saturated rings. The summed E-state index contributed by atoms with van der Waals surface area (Å²) >= 11 is 0. The predicted octanol–water partition coefficient (Wildman–Crippen LogP) is 1.72. The largest absolute Gasteiger partial charge is 0.393 e. The Balaban J connectivity index is 2.29. The molecule has 0 bridgehead atoms. The molecule has 0 saturated carbocycles. The Hall–Kier alpha value is -1.82. The van der Waals surface area contributed by atoms with Crippen LogP contribution in [0.4, 0.5) is 8.78 Å². The van der Waals surface area contributed by atoms with Crippen molar-refractivity contribution >= 4 is 0 Å². The van der Waals surface area contributed by atoms with Gasteiger partial charge in [-0.2, -0.15) is 5.10 Å². The highest BCUT2D eigenvalue weighted by Crippen LogP contribution is 2.25. The lowest BCUT2D eigenvalue weighted by Gasteiger charge is -2.20. The van der Waals surface area contributed by atoms with Gasteiger partial charge in [0.15, 0.2) is 0 Å². The van der Waals surface area contributed by atoms with E-state index >= 15 is 0 Å². The van der Waals surface area contributed by atoms with Crippen LogP contribution < -0.4 is 0 Å². The van der Waals surface area contributed by atoms with Crippen LogP contribution >= 0.6 is 0 Å². The molecule has 96 valence electrons. The molecule has 0 saturated heterocycles. The Morgan fingerprint density at radius 3 is 2.72 bits per heavy atom. The van der Waals surface area contributed by atoms with Crippen LogP contribution in [-0.4, -0.2) is 26.0 Å². The zero-order chi connectivity index (χ0) is 13.1. The van der Waals surface area contributed by atoms with E-state index in [1.54, 1.807) is 6.92 Å². The smallest absolute Gasteiger partial charge is 0.137 e. The van der Waals surface area contributed by atoms with Gasteiger partial charge in [0.25, 0.3) is 0 Å². The Kier molecular flexibility index (Phi) is 3.66. The molecule has 6 heteroatoms. The van der Waals surface area contributed by atoms with Crippen molar-refractivity contribution in [3.63, 3.8) is 0 Å². The predicted molar refractivity (Wildman–Crippen MR) is 60.8 cm³/mol. The van der Waals surface area contributed by atoms with Crippen LogP contribution in [0.2, 0.25) is 0 Å². The number of aliphatic hydroxyl groups excluding tert-OH is 1. The summed E-state index contributed by atoms with van der Waals surface area (Å²) in [5.41, 5.74) is 0.266. The molecule has 1 aromatic carbocycles. The first-order valence-corrected chi connectivity index (χ1v) is 5.53. The van der Waals surface area contributed by atoms with Gasteiger partial charge in [0.2, 0.25) is 0 Å². The molecule has 18 heavy (non-hydrogen) atoms. The third-order valence-electron chi connectivity index (χ3n) is 2.79. The lowest BCUT2D eigenvalue weighted by Crippen LogP contribution is -2.22. The summed E-state index contributed by atoms with van der Waals surface area (Å²) in [5.74, 6) is -1.81. The fourth-order valence-electron chi connectivity index (χ4n) is 1.84. The second kappa shape index (κ2) is 5.22. The van der Waals surface area contributed by atoms with E-state index in [4.69, 9.17) is 0 Å². The maximum atomic E-state index is 13.7. The highest BCUT2D eigenvalue weighted by Gasteiger charge is 2.22. The lowest BCUT2D eigenvalue weighted by molar-refractivity contribution is 0.149. The molecule has 2 unspecified atom stereocenters. The van der Waals surface area contributed by atoms with Crippen LogP contribution in [0.25, 0.3) is 0 Å². The van der Waals surface area contributed by atoms with Crippen molar-refractivity contribution in [1.29, 1.82) is 0 Å². The molecule has 2 rings (SSSR count). The Morgan fingerprint density at radius 1 is 1.39 bits per heavy atom. The molecule has 0 amide bonds. The molecule has 0 spiro atoms. The summed E-state index contributed by atoms with van der Waals surface area (Å²) in [7, 11) is 0. The van der Waals surface area contributed by atoms with E-state index in [0.29, 0.717) is 0 Å². The molecular weight excluding hydrogens is 240 g/mol. The normalized spacial score (nSPS) is 14.4. The zero-order valence-corrected chi connectivity index (χ0v) is 9.79. The van der Waals surface area contributed by atoms with Gasteiger partial charge in [0.05, 0.1) is 12.6 Å². The maximum absolute atomic E-state index is 13.7. The third kappa shape index (κ3) is 2.70. The quantitative estimate of drug-likeness (QED) is 0.902. The van der Waals surface area contributed by atoms with E-state index in [9.17, 15) is 13.9 Å². The summed E-state index contributed by atoms with van der Waals surface area (Å²) in [6.45, 7) is 1.84. The first-order chi connectivity index (χ1) is 8.58. The zero-order valence-electron chi connectivity index (χ0n) is 9.79. The van der Waals surface area contributed by atoms with Crippen molar-refractivity contribution in [3.05, 3.63) is 48.1 Å². The van der Waals surface area contributed by atoms with Gasteiger partial charge < -0.3 is 5.11 Å². The molecule has 1 aromatic heterocycles. The molecule has 0 aliphatic heterocycles. The van der Waals surface area contributed by atoms with Crippen molar-refractivity contribution in [1.82, 2.24) is 14.8 Å². The molecule has 2 atom stereocenters. The maximum Gasteiger partial charge on any atom is 0.137 e. The van der Waals surface area contributed by atoms with E-state index < -0.39 is 23.7 Å². The average molecular weight is 253 g/mol. The van der Waals surface area contributed by atoms with Crippen molar-refractivity contribution in [3.8, 4) is 0 Å². The highest BCUT2D eigenvalue weighted by atomic mass is 19.1. The van der Waals surface area contributed by atoms with Crippen molar-refractivity contribution in [2.45, 2.75) is 25.5 Å². The minimum Gasteiger partial charge on any atom is -0.393 e. The number of aliphatic hydroxyl groups is 1. The van der Waals surface area contributed by atoms with E-state index in [1.165, 1.54) is 29.5 Å². The molecule has 0 radical (unpaired) electrons. The van der Waals surface area contributed by atoms with Gasteiger partial charge in [-0.25, -0.2) is 13.8 Å². The number of halogens is 2. The Morgan fingerprint density at radius 2 is 2.17 bits per heavy atom. The van der Waals surface area contributed by atoms with Gasteiger partial charge in [-0.05, 0) is 18.6 Å². The van der Waals surface area contributed by atoms with Crippen LogP contribution in [0.5, 0.6) is 0 Å². The van der Waals surface area contributed by atoms with Crippen molar-refractivity contribution < 1.29 is 13.9 Å². The van der Waals surface area contributed by atoms with Gasteiger partial charge in [0.1, 0.15) is 24.3 Å². The minimum absolute atomic E-state index is 0.266. The minimum atomic E-state index is -0.783. The van der Waals surface area contributed by atoms with Crippen molar-refractivity contribution in [2.75, 3.05) is 0 Å². The second-order valence-corrected chi connectivity index (χ2v) is 4.13. The summed E-state index contributed by atoms with van der Waals surface area (Å²) in [5, 5.41) is 13.6. The summed E-state index contributed by atoms with van der Waals surface area (Å²) in [4.78, 5) is 3.78. The summed E-state index contributed by atoms with van der Waals surface area (Å²) in [6, 6.07) is 3.33. The molecule has 4 nitrogen and oxygen atoms in total. The number of rotatable bonds is 4. The first-order valence-electron chi connectivity index (χ1n) is 5.53. The van der Waals surface area contributed by atoms with Gasteiger partial charge in [-0.1, -0.05) is 6.07 Å². The van der Waals surface area contributed by atoms with Crippen LogP contribution in [0.15, 0.2) is 30.9 Å². The fourth-order valence-corrected chi connectivity index (χ4v) is 1.84. The number of hydrogen-bond acceptors (Lipinski definition) is 3. The Labute approximate surface area is 103 Å². The third-order valence-corrected chi connectivity index (χ3v) is 2.79. The molecule has 0 aliphatic rings. The highest BCUT2D eigenvalue weighted by molar-refractivity contribution is 5.23. The summed E-state index contributed by atoms with van der Waals surface area (Å²) < 4.78 is 28.1. The van der Waals surface area contributed by atoms with Crippen molar-refractivity contribution in [2.24, 2.45) is 0 Å². The summed E-state index contributed by atoms with van der Waals surface area (Å²) in [6.07, 6.45) is 2.06. The van der Waals surface area contributed by atoms with Crippen LogP contribution in [-0.2, 0) is 6.54 Å². The average Bonchev–Trinajstić information content (AvgIpc) is 2.79. The van der Waals surface area contributed by atoms with E-state index in [1.807, 2.05) is 0 Å². The van der Waals surface area contributed by atoms with E-state index in [0.717, 1.165) is 6.07 Å². The lowest BCUT2D eigenvalue weighted by atomic mass is 9.93. The second-order valence-electron chi connectivity index (χ2n) is 4.13. The monoisotopic (exact) mass is 253 g/mol. The molecule has 2 aromatic rings. The van der Waals surface area contributed by atoms with Gasteiger partial charge in [-0.15, -0.1) is 0 Å².